The van der Waals surface area contributed by atoms with E-state index in [0.717, 1.165) is 11.3 Å². The lowest BCUT2D eigenvalue weighted by atomic mass is 10.1. The molecule has 0 fully saturated rings. The van der Waals surface area contributed by atoms with Gasteiger partial charge in [-0.15, -0.1) is 24.5 Å². The number of hydrogen-bond donors (Lipinski definition) is 0. The van der Waals surface area contributed by atoms with Crippen LogP contribution >= 0.6 is 11.3 Å². The zero-order chi connectivity index (χ0) is 14.0. The first kappa shape index (κ1) is 13.4. The Kier molecular flexibility index (Phi) is 3.48. The second kappa shape index (κ2) is 4.93. The van der Waals surface area contributed by atoms with Crippen molar-refractivity contribution in [3.8, 4) is 16.9 Å². The first-order valence-corrected chi connectivity index (χ1v) is 5.94. The number of nitrogens with one attached hydrogen (secondary N) is 1. The predicted molar refractivity (Wildman–Crippen MR) is 63.9 cm³/mol. The molecular weight excluding hydrogens is 279 g/mol. The van der Waals surface area contributed by atoms with Crippen molar-refractivity contribution in [3.05, 3.63) is 40.6 Å². The summed E-state index contributed by atoms with van der Waals surface area (Å²) in [5.74, 6) is -1.09. The van der Waals surface area contributed by atoms with E-state index in [1.54, 1.807) is 5.38 Å². The number of carbonyl (C=O) groups excluding carboxylic acids is 1. The van der Waals surface area contributed by atoms with Gasteiger partial charge >= 0.3 is 6.36 Å². The molecule has 0 bridgehead atoms. The van der Waals surface area contributed by atoms with E-state index in [-0.39, 0.29) is 10.6 Å². The Morgan fingerprint density at radius 3 is 2.26 bits per heavy atom. The molecule has 99 valence electrons. The topological polar surface area (TPSA) is 50.1 Å². The summed E-state index contributed by atoms with van der Waals surface area (Å²) in [6, 6.07) is 6.84. The number of ether oxygens (including phenoxy) is 1. The molecule has 0 aliphatic carbocycles. The molecule has 1 amide bonds. The minimum atomic E-state index is -4.71. The van der Waals surface area contributed by atoms with Crippen LogP contribution in [-0.4, -0.2) is 12.3 Å². The van der Waals surface area contributed by atoms with Crippen LogP contribution in [-0.2, 0) is 0 Å². The molecule has 3 nitrogen and oxygen atoms in total. The van der Waals surface area contributed by atoms with Crippen LogP contribution in [0, 0.1) is 0 Å². The normalized spacial score (nSPS) is 11.3. The van der Waals surface area contributed by atoms with Crippen LogP contribution in [0.5, 0.6) is 5.75 Å². The van der Waals surface area contributed by atoms with Gasteiger partial charge in [0.05, 0.1) is 4.88 Å². The smallest absolute Gasteiger partial charge is 0.406 e. The quantitative estimate of drug-likeness (QED) is 0.863. The van der Waals surface area contributed by atoms with Gasteiger partial charge < -0.3 is 4.74 Å². The van der Waals surface area contributed by atoms with E-state index in [1.165, 1.54) is 30.3 Å². The fourth-order valence-electron chi connectivity index (χ4n) is 1.46. The van der Waals surface area contributed by atoms with Gasteiger partial charge in [-0.05, 0) is 34.7 Å². The molecule has 2 rings (SSSR count). The molecule has 1 N–H and O–H groups in total. The highest BCUT2D eigenvalue weighted by molar-refractivity contribution is 7.12. The van der Waals surface area contributed by atoms with Gasteiger partial charge in [-0.1, -0.05) is 12.1 Å². The number of rotatable bonds is 3. The minimum absolute atomic E-state index is 0.283. The maximum Gasteiger partial charge on any atom is 0.573 e. The predicted octanol–water partition coefficient (Wildman–Crippen LogP) is 3.74. The van der Waals surface area contributed by atoms with Crippen molar-refractivity contribution in [2.24, 2.45) is 0 Å². The van der Waals surface area contributed by atoms with Crippen LogP contribution in [0.25, 0.3) is 11.1 Å². The standard InChI is InChI=1S/C12H7F3NO2S/c13-12(14,15)18-9-3-1-7(2-4-9)8-5-10(11(16)17)19-6-8/h1-6,16H. The summed E-state index contributed by atoms with van der Waals surface area (Å²) in [6.45, 7) is 0. The molecule has 2 aromatic rings. The van der Waals surface area contributed by atoms with E-state index >= 15 is 0 Å². The largest absolute Gasteiger partial charge is 0.573 e. The SMILES string of the molecule is [NH]C(=O)c1cc(-c2ccc(OC(F)(F)F)cc2)cs1. The Bertz CT molecular complexity index is 590. The maximum atomic E-state index is 12.0. The molecule has 0 saturated carbocycles. The van der Waals surface area contributed by atoms with E-state index in [1.807, 2.05) is 0 Å². The fourth-order valence-corrected chi connectivity index (χ4v) is 2.22. The number of halogens is 3. The van der Waals surface area contributed by atoms with Gasteiger partial charge in [0.2, 0.25) is 0 Å². The molecule has 0 aliphatic rings. The van der Waals surface area contributed by atoms with Crippen LogP contribution in [0.2, 0.25) is 0 Å². The van der Waals surface area contributed by atoms with Crippen molar-refractivity contribution < 1.29 is 22.7 Å². The van der Waals surface area contributed by atoms with E-state index in [4.69, 9.17) is 5.73 Å². The van der Waals surface area contributed by atoms with Gasteiger partial charge in [0, 0.05) is 0 Å². The molecule has 0 saturated heterocycles. The monoisotopic (exact) mass is 286 g/mol. The lowest BCUT2D eigenvalue weighted by Gasteiger charge is -2.08. The summed E-state index contributed by atoms with van der Waals surface area (Å²) in [7, 11) is 0. The number of thiophene rings is 1. The van der Waals surface area contributed by atoms with Crippen molar-refractivity contribution in [1.29, 1.82) is 0 Å². The Morgan fingerprint density at radius 1 is 1.16 bits per heavy atom. The summed E-state index contributed by atoms with van der Waals surface area (Å²) in [6.07, 6.45) is -4.71. The number of amides is 1. The molecule has 1 aromatic heterocycles. The lowest BCUT2D eigenvalue weighted by Crippen LogP contribution is -2.16. The zero-order valence-electron chi connectivity index (χ0n) is 9.32. The maximum absolute atomic E-state index is 12.0. The number of alkyl halides is 3. The first-order valence-electron chi connectivity index (χ1n) is 5.06. The van der Waals surface area contributed by atoms with Gasteiger partial charge in [-0.3, -0.25) is 10.5 Å². The third-order valence-corrected chi connectivity index (χ3v) is 3.17. The van der Waals surface area contributed by atoms with E-state index in [2.05, 4.69) is 4.74 Å². The number of carbonyl (C=O) groups is 1. The molecule has 0 spiro atoms. The number of benzene rings is 1. The summed E-state index contributed by atoms with van der Waals surface area (Å²) in [5, 5.41) is 1.67. The molecule has 1 aromatic carbocycles. The molecule has 1 radical (unpaired) electrons. The Morgan fingerprint density at radius 2 is 1.79 bits per heavy atom. The zero-order valence-corrected chi connectivity index (χ0v) is 10.1. The fraction of sp³-hybridized carbons (Fsp3) is 0.0833. The second-order valence-corrected chi connectivity index (χ2v) is 4.51. The van der Waals surface area contributed by atoms with Crippen molar-refractivity contribution in [2.45, 2.75) is 6.36 Å². The van der Waals surface area contributed by atoms with Crippen LogP contribution in [0.3, 0.4) is 0 Å². The highest BCUT2D eigenvalue weighted by atomic mass is 32.1. The van der Waals surface area contributed by atoms with Gasteiger partial charge in [-0.25, -0.2) is 0 Å². The first-order chi connectivity index (χ1) is 8.85. The molecule has 1 heterocycles. The van der Waals surface area contributed by atoms with E-state index in [0.29, 0.717) is 11.1 Å². The minimum Gasteiger partial charge on any atom is -0.406 e. The van der Waals surface area contributed by atoms with Crippen LogP contribution < -0.4 is 10.5 Å². The van der Waals surface area contributed by atoms with Crippen LogP contribution in [0.15, 0.2) is 35.7 Å². The Labute approximate surface area is 110 Å². The summed E-state index contributed by atoms with van der Waals surface area (Å²) in [5.41, 5.74) is 8.28. The molecule has 0 unspecified atom stereocenters. The molecule has 19 heavy (non-hydrogen) atoms. The summed E-state index contributed by atoms with van der Waals surface area (Å²) in [4.78, 5) is 11.1. The van der Waals surface area contributed by atoms with Crippen molar-refractivity contribution in [1.82, 2.24) is 5.73 Å². The van der Waals surface area contributed by atoms with E-state index < -0.39 is 12.3 Å². The Balaban J connectivity index is 2.20. The van der Waals surface area contributed by atoms with Crippen molar-refractivity contribution in [3.63, 3.8) is 0 Å². The molecule has 0 atom stereocenters. The number of hydrogen-bond acceptors (Lipinski definition) is 3. The highest BCUT2D eigenvalue weighted by Crippen LogP contribution is 2.29. The molecular formula is C12H7F3NO2S. The van der Waals surface area contributed by atoms with Gasteiger partial charge in [0.1, 0.15) is 5.75 Å². The summed E-state index contributed by atoms with van der Waals surface area (Å²) >= 11 is 1.12. The lowest BCUT2D eigenvalue weighted by molar-refractivity contribution is -0.274. The van der Waals surface area contributed by atoms with Gasteiger partial charge in [0.15, 0.2) is 0 Å². The third kappa shape index (κ3) is 3.47. The average molecular weight is 286 g/mol. The molecule has 0 aliphatic heterocycles. The second-order valence-electron chi connectivity index (χ2n) is 3.60. The highest BCUT2D eigenvalue weighted by Gasteiger charge is 2.30. The Hall–Kier alpha value is -2.02. The van der Waals surface area contributed by atoms with Crippen LogP contribution in [0.4, 0.5) is 13.2 Å². The van der Waals surface area contributed by atoms with Gasteiger partial charge in [-0.2, -0.15) is 0 Å². The van der Waals surface area contributed by atoms with Gasteiger partial charge in [0.25, 0.3) is 5.91 Å². The average Bonchev–Trinajstić information content (AvgIpc) is 2.77. The van der Waals surface area contributed by atoms with Crippen LogP contribution in [0.1, 0.15) is 9.67 Å². The van der Waals surface area contributed by atoms with Crippen molar-refractivity contribution >= 4 is 17.2 Å². The molecule has 7 heteroatoms. The summed E-state index contributed by atoms with van der Waals surface area (Å²) < 4.78 is 39.7. The van der Waals surface area contributed by atoms with E-state index in [9.17, 15) is 18.0 Å². The third-order valence-electron chi connectivity index (χ3n) is 2.24. The van der Waals surface area contributed by atoms with Crippen molar-refractivity contribution in [2.75, 3.05) is 0 Å².